The second-order valence-corrected chi connectivity index (χ2v) is 9.12. The Balaban J connectivity index is 0.000000196. The van der Waals surface area contributed by atoms with Crippen LogP contribution in [0.15, 0.2) is 82.6 Å². The first-order chi connectivity index (χ1) is 14.0. The number of phenolic OH excluding ortho intramolecular Hbond substituents is 2. The number of rotatable bonds is 2. The zero-order valence-electron chi connectivity index (χ0n) is 15.2. The molecule has 0 unspecified atom stereocenters. The molecule has 0 fully saturated rings. The molecule has 0 aliphatic heterocycles. The lowest BCUT2D eigenvalue weighted by atomic mass is 10.1. The monoisotopic (exact) mass is 448 g/mol. The van der Waals surface area contributed by atoms with Gasteiger partial charge in [-0.25, -0.2) is 0 Å². The molecule has 4 aromatic carbocycles. The molecule has 4 rings (SSSR count). The van der Waals surface area contributed by atoms with Crippen LogP contribution in [0, 0.1) is 0 Å². The number of hydrogen-bond acceptors (Lipinski definition) is 6. The summed E-state index contributed by atoms with van der Waals surface area (Å²) in [5.74, 6) is -0.0879. The van der Waals surface area contributed by atoms with E-state index < -0.39 is 35.8 Å². The summed E-state index contributed by atoms with van der Waals surface area (Å²) < 4.78 is 61.7. The highest BCUT2D eigenvalue weighted by Crippen LogP contribution is 2.30. The minimum absolute atomic E-state index is 0.0442. The Labute approximate surface area is 172 Å². The average Bonchev–Trinajstić information content (AvgIpc) is 2.67. The fourth-order valence-electron chi connectivity index (χ4n) is 2.82. The van der Waals surface area contributed by atoms with Crippen molar-refractivity contribution in [2.24, 2.45) is 0 Å². The summed E-state index contributed by atoms with van der Waals surface area (Å²) >= 11 is 0. The molecule has 0 spiro atoms. The van der Waals surface area contributed by atoms with Crippen LogP contribution in [-0.4, -0.2) is 36.2 Å². The summed E-state index contributed by atoms with van der Waals surface area (Å²) in [6, 6.07) is 18.4. The van der Waals surface area contributed by atoms with Gasteiger partial charge in [0.05, 0.1) is 9.79 Å². The SMILES string of the molecule is O=S(=O)(O)c1ccc2c(O)cc(S(=O)(=O)O)cc2c1.Oc1cccc2ccccc12. The van der Waals surface area contributed by atoms with Crippen molar-refractivity contribution in [3.8, 4) is 11.5 Å². The molecule has 30 heavy (non-hydrogen) atoms. The largest absolute Gasteiger partial charge is 0.507 e. The Morgan fingerprint density at radius 3 is 1.73 bits per heavy atom. The van der Waals surface area contributed by atoms with Crippen LogP contribution in [0.1, 0.15) is 0 Å². The van der Waals surface area contributed by atoms with Crippen molar-refractivity contribution in [1.29, 1.82) is 0 Å². The molecule has 4 aromatic rings. The van der Waals surface area contributed by atoms with Gasteiger partial charge in [0.2, 0.25) is 0 Å². The zero-order valence-corrected chi connectivity index (χ0v) is 16.8. The van der Waals surface area contributed by atoms with Crippen molar-refractivity contribution in [2.45, 2.75) is 9.79 Å². The summed E-state index contributed by atoms with van der Waals surface area (Å²) in [5, 5.41) is 21.2. The first kappa shape index (κ1) is 21.5. The van der Waals surface area contributed by atoms with Gasteiger partial charge in [0, 0.05) is 16.8 Å². The Morgan fingerprint density at radius 1 is 0.533 bits per heavy atom. The lowest BCUT2D eigenvalue weighted by molar-refractivity contribution is 0.471. The predicted octanol–water partition coefficient (Wildman–Crippen LogP) is 3.58. The molecule has 0 radical (unpaired) electrons. The van der Waals surface area contributed by atoms with E-state index in [1.807, 2.05) is 36.4 Å². The third kappa shape index (κ3) is 4.69. The fourth-order valence-corrected chi connectivity index (χ4v) is 3.87. The quantitative estimate of drug-likeness (QED) is 0.340. The minimum Gasteiger partial charge on any atom is -0.507 e. The minimum atomic E-state index is -4.54. The summed E-state index contributed by atoms with van der Waals surface area (Å²) in [4.78, 5) is -1.03. The maximum atomic E-state index is 11.0. The van der Waals surface area contributed by atoms with E-state index in [4.69, 9.17) is 9.11 Å². The van der Waals surface area contributed by atoms with Gasteiger partial charge in [0.15, 0.2) is 0 Å². The number of phenols is 2. The maximum Gasteiger partial charge on any atom is 0.294 e. The summed E-state index contributed by atoms with van der Waals surface area (Å²) in [5.41, 5.74) is 0. The van der Waals surface area contributed by atoms with E-state index in [0.717, 1.165) is 35.0 Å². The molecule has 4 N–H and O–H groups in total. The van der Waals surface area contributed by atoms with E-state index in [1.54, 1.807) is 6.07 Å². The van der Waals surface area contributed by atoms with E-state index in [2.05, 4.69) is 0 Å². The number of fused-ring (bicyclic) bond motifs is 2. The van der Waals surface area contributed by atoms with E-state index in [9.17, 15) is 27.0 Å². The van der Waals surface area contributed by atoms with Gasteiger partial charge in [-0.2, -0.15) is 16.8 Å². The Kier molecular flexibility index (Phi) is 5.68. The average molecular weight is 448 g/mol. The Hall–Kier alpha value is -3.18. The second kappa shape index (κ2) is 7.92. The molecule has 0 aliphatic carbocycles. The highest BCUT2D eigenvalue weighted by molar-refractivity contribution is 7.86. The highest BCUT2D eigenvalue weighted by atomic mass is 32.2. The standard InChI is InChI=1S/C10H8O7S2.C10H8O/c11-10-5-8(19(15,16)17)4-6-3-7(18(12,13)14)1-2-9(6)10;11-10-7-3-5-8-4-1-2-6-9(8)10/h1-5,11H,(H,12,13,14)(H,15,16,17);1-7,11H. The van der Waals surface area contributed by atoms with Crippen molar-refractivity contribution >= 4 is 41.8 Å². The lowest BCUT2D eigenvalue weighted by Gasteiger charge is -2.05. The van der Waals surface area contributed by atoms with E-state index in [0.29, 0.717) is 5.75 Å². The molecule has 0 aromatic heterocycles. The molecule has 0 atom stereocenters. The van der Waals surface area contributed by atoms with Crippen LogP contribution < -0.4 is 0 Å². The zero-order chi connectivity index (χ0) is 22.1. The summed E-state index contributed by atoms with van der Waals surface area (Å²) in [6.45, 7) is 0. The Bertz CT molecular complexity index is 1450. The fraction of sp³-hybridized carbons (Fsp3) is 0. The molecule has 0 heterocycles. The predicted molar refractivity (Wildman–Crippen MR) is 111 cm³/mol. The van der Waals surface area contributed by atoms with Gasteiger partial charge >= 0.3 is 0 Å². The number of aromatic hydroxyl groups is 2. The molecule has 0 aliphatic rings. The second-order valence-electron chi connectivity index (χ2n) is 6.27. The van der Waals surface area contributed by atoms with Crippen LogP contribution in [0.4, 0.5) is 0 Å². The van der Waals surface area contributed by atoms with E-state index >= 15 is 0 Å². The summed E-state index contributed by atoms with van der Waals surface area (Å²) in [7, 11) is -8.99. The molecule has 156 valence electrons. The van der Waals surface area contributed by atoms with E-state index in [1.165, 1.54) is 6.07 Å². The molecule has 8 nitrogen and oxygen atoms in total. The van der Waals surface area contributed by atoms with Gasteiger partial charge in [-0.1, -0.05) is 36.4 Å². The van der Waals surface area contributed by atoms with Gasteiger partial charge in [-0.3, -0.25) is 9.11 Å². The van der Waals surface area contributed by atoms with Gasteiger partial charge < -0.3 is 10.2 Å². The topological polar surface area (TPSA) is 149 Å². The molecule has 0 saturated heterocycles. The van der Waals surface area contributed by atoms with Gasteiger partial charge in [-0.05, 0) is 41.1 Å². The number of hydrogen-bond donors (Lipinski definition) is 4. The van der Waals surface area contributed by atoms with Crippen LogP contribution in [-0.2, 0) is 20.2 Å². The lowest BCUT2D eigenvalue weighted by Crippen LogP contribution is -1.99. The highest BCUT2D eigenvalue weighted by Gasteiger charge is 2.16. The maximum absolute atomic E-state index is 11.0. The van der Waals surface area contributed by atoms with Crippen LogP contribution in [0.5, 0.6) is 11.5 Å². The van der Waals surface area contributed by atoms with Crippen LogP contribution >= 0.6 is 0 Å². The van der Waals surface area contributed by atoms with Crippen LogP contribution in [0.2, 0.25) is 0 Å². The van der Waals surface area contributed by atoms with Gasteiger partial charge in [-0.15, -0.1) is 0 Å². The first-order valence-corrected chi connectivity index (χ1v) is 11.2. The van der Waals surface area contributed by atoms with Gasteiger partial charge in [0.1, 0.15) is 11.5 Å². The van der Waals surface area contributed by atoms with Crippen LogP contribution in [0.25, 0.3) is 21.5 Å². The molecular weight excluding hydrogens is 432 g/mol. The third-order valence-electron chi connectivity index (χ3n) is 4.24. The molecule has 10 heteroatoms. The molecule has 0 bridgehead atoms. The molecular formula is C20H16O8S2. The summed E-state index contributed by atoms with van der Waals surface area (Å²) in [6.07, 6.45) is 0. The van der Waals surface area contributed by atoms with Crippen molar-refractivity contribution in [1.82, 2.24) is 0 Å². The number of benzene rings is 4. The first-order valence-electron chi connectivity index (χ1n) is 8.35. The molecule has 0 amide bonds. The van der Waals surface area contributed by atoms with Crippen molar-refractivity contribution in [2.75, 3.05) is 0 Å². The van der Waals surface area contributed by atoms with Crippen molar-refractivity contribution in [3.63, 3.8) is 0 Å². The van der Waals surface area contributed by atoms with Crippen LogP contribution in [0.3, 0.4) is 0 Å². The van der Waals surface area contributed by atoms with Crippen molar-refractivity contribution < 1.29 is 36.2 Å². The smallest absolute Gasteiger partial charge is 0.294 e. The normalized spacial score (nSPS) is 11.8. The van der Waals surface area contributed by atoms with E-state index in [-0.39, 0.29) is 10.8 Å². The van der Waals surface area contributed by atoms with Gasteiger partial charge in [0.25, 0.3) is 20.2 Å². The third-order valence-corrected chi connectivity index (χ3v) is 5.92. The molecule has 0 saturated carbocycles. The van der Waals surface area contributed by atoms with Crippen molar-refractivity contribution in [3.05, 3.63) is 72.8 Å². The Morgan fingerprint density at radius 2 is 1.10 bits per heavy atom.